The third-order valence-corrected chi connectivity index (χ3v) is 3.75. The van der Waals surface area contributed by atoms with Crippen molar-refractivity contribution in [2.24, 2.45) is 5.92 Å². The summed E-state index contributed by atoms with van der Waals surface area (Å²) in [5.41, 5.74) is 0.911. The van der Waals surface area contributed by atoms with Crippen LogP contribution < -0.4 is 10.1 Å². The second-order valence-electron chi connectivity index (χ2n) is 5.07. The van der Waals surface area contributed by atoms with Gasteiger partial charge in [-0.2, -0.15) is 0 Å². The number of ether oxygens (including phenoxy) is 1. The molecule has 6 nitrogen and oxygen atoms in total. The number of amides is 2. The Balaban J connectivity index is 1.84. The van der Waals surface area contributed by atoms with E-state index >= 15 is 0 Å². The van der Waals surface area contributed by atoms with Crippen LogP contribution in [0.15, 0.2) is 24.3 Å². The molecule has 1 aromatic rings. The standard InChI is InChI=1S/C15H20N2O4/c1-21-13-5-3-2-4-12(13)10-16-15(20)17-8-6-11(7-9-17)14(18)19/h2-5,11H,6-10H2,1H3,(H,16,20)(H,18,19). The monoisotopic (exact) mass is 292 g/mol. The van der Waals surface area contributed by atoms with Crippen molar-refractivity contribution in [1.29, 1.82) is 0 Å². The molecule has 0 aliphatic carbocycles. The Kier molecular flexibility index (Phi) is 5.03. The van der Waals surface area contributed by atoms with Gasteiger partial charge in [-0.3, -0.25) is 4.79 Å². The average molecular weight is 292 g/mol. The molecule has 1 aromatic carbocycles. The molecule has 0 atom stereocenters. The molecule has 0 aromatic heterocycles. The summed E-state index contributed by atoms with van der Waals surface area (Å²) in [6.07, 6.45) is 1.02. The fraction of sp³-hybridized carbons (Fsp3) is 0.467. The summed E-state index contributed by atoms with van der Waals surface area (Å²) in [4.78, 5) is 24.6. The number of urea groups is 1. The zero-order valence-corrected chi connectivity index (χ0v) is 12.0. The number of carboxylic acid groups (broad SMARTS) is 1. The number of rotatable bonds is 4. The van der Waals surface area contributed by atoms with Crippen molar-refractivity contribution in [3.05, 3.63) is 29.8 Å². The Bertz CT molecular complexity index is 510. The number of methoxy groups -OCH3 is 1. The zero-order chi connectivity index (χ0) is 15.2. The SMILES string of the molecule is COc1ccccc1CNC(=O)N1CCC(C(=O)O)CC1. The van der Waals surface area contributed by atoms with Crippen LogP contribution >= 0.6 is 0 Å². The predicted molar refractivity (Wildman–Crippen MR) is 77.2 cm³/mol. The first kappa shape index (κ1) is 15.2. The first-order valence-corrected chi connectivity index (χ1v) is 6.99. The molecular weight excluding hydrogens is 272 g/mol. The summed E-state index contributed by atoms with van der Waals surface area (Å²) in [7, 11) is 1.59. The van der Waals surface area contributed by atoms with E-state index < -0.39 is 5.97 Å². The first-order chi connectivity index (χ1) is 10.1. The minimum atomic E-state index is -0.774. The molecule has 2 amide bonds. The van der Waals surface area contributed by atoms with Gasteiger partial charge in [-0.1, -0.05) is 18.2 Å². The number of nitrogens with zero attached hydrogens (tertiary/aromatic N) is 1. The predicted octanol–water partition coefficient (Wildman–Crippen LogP) is 1.70. The van der Waals surface area contributed by atoms with Crippen LogP contribution in [0.1, 0.15) is 18.4 Å². The molecule has 2 rings (SSSR count). The second kappa shape index (κ2) is 6.97. The van der Waals surface area contributed by atoms with E-state index in [4.69, 9.17) is 9.84 Å². The number of likely N-dealkylation sites (tertiary alicyclic amines) is 1. The van der Waals surface area contributed by atoms with Gasteiger partial charge in [0.2, 0.25) is 0 Å². The van der Waals surface area contributed by atoms with E-state index in [0.717, 1.165) is 11.3 Å². The Morgan fingerprint density at radius 1 is 1.33 bits per heavy atom. The van der Waals surface area contributed by atoms with Crippen LogP contribution in [0.4, 0.5) is 4.79 Å². The number of carbonyl (C=O) groups is 2. The Morgan fingerprint density at radius 2 is 2.00 bits per heavy atom. The minimum absolute atomic E-state index is 0.162. The maximum atomic E-state index is 12.1. The van der Waals surface area contributed by atoms with Gasteiger partial charge >= 0.3 is 12.0 Å². The van der Waals surface area contributed by atoms with Crippen molar-refractivity contribution < 1.29 is 19.4 Å². The van der Waals surface area contributed by atoms with Crippen LogP contribution in [0.2, 0.25) is 0 Å². The van der Waals surface area contributed by atoms with Crippen molar-refractivity contribution in [2.75, 3.05) is 20.2 Å². The van der Waals surface area contributed by atoms with Crippen molar-refractivity contribution in [3.63, 3.8) is 0 Å². The number of hydrogen-bond donors (Lipinski definition) is 2. The number of nitrogens with one attached hydrogen (secondary N) is 1. The van der Waals surface area contributed by atoms with E-state index in [2.05, 4.69) is 5.32 Å². The number of carboxylic acids is 1. The lowest BCUT2D eigenvalue weighted by Crippen LogP contribution is -2.45. The molecule has 0 radical (unpaired) electrons. The van der Waals surface area contributed by atoms with Gasteiger partial charge in [-0.05, 0) is 18.9 Å². The Hall–Kier alpha value is -2.24. The number of hydrogen-bond acceptors (Lipinski definition) is 3. The molecule has 2 N–H and O–H groups in total. The number of para-hydroxylation sites is 1. The maximum absolute atomic E-state index is 12.1. The molecule has 1 aliphatic rings. The normalized spacial score (nSPS) is 15.6. The summed E-state index contributed by atoms with van der Waals surface area (Å²) in [6.45, 7) is 1.35. The highest BCUT2D eigenvalue weighted by molar-refractivity contribution is 5.75. The number of piperidine rings is 1. The lowest BCUT2D eigenvalue weighted by molar-refractivity contribution is -0.143. The smallest absolute Gasteiger partial charge is 0.317 e. The van der Waals surface area contributed by atoms with Gasteiger partial charge in [-0.15, -0.1) is 0 Å². The molecule has 0 bridgehead atoms. The minimum Gasteiger partial charge on any atom is -0.496 e. The van der Waals surface area contributed by atoms with Gasteiger partial charge < -0.3 is 20.1 Å². The van der Waals surface area contributed by atoms with Crippen LogP contribution in [0.3, 0.4) is 0 Å². The van der Waals surface area contributed by atoms with Crippen LogP contribution in [0.25, 0.3) is 0 Å². The lowest BCUT2D eigenvalue weighted by Gasteiger charge is -2.30. The van der Waals surface area contributed by atoms with E-state index in [1.54, 1.807) is 12.0 Å². The highest BCUT2D eigenvalue weighted by atomic mass is 16.5. The first-order valence-electron chi connectivity index (χ1n) is 6.99. The molecule has 0 saturated carbocycles. The summed E-state index contributed by atoms with van der Waals surface area (Å²) in [6, 6.07) is 7.35. The van der Waals surface area contributed by atoms with E-state index in [1.165, 1.54) is 0 Å². The van der Waals surface area contributed by atoms with Crippen LogP contribution in [0.5, 0.6) is 5.75 Å². The molecule has 6 heteroatoms. The highest BCUT2D eigenvalue weighted by Crippen LogP contribution is 2.19. The lowest BCUT2D eigenvalue weighted by atomic mass is 9.97. The van der Waals surface area contributed by atoms with Crippen LogP contribution in [0, 0.1) is 5.92 Å². The van der Waals surface area contributed by atoms with Gasteiger partial charge in [0.1, 0.15) is 5.75 Å². The molecule has 0 unspecified atom stereocenters. The molecule has 21 heavy (non-hydrogen) atoms. The third kappa shape index (κ3) is 3.87. The zero-order valence-electron chi connectivity index (χ0n) is 12.0. The van der Waals surface area contributed by atoms with Gasteiger partial charge in [0.15, 0.2) is 0 Å². The maximum Gasteiger partial charge on any atom is 0.317 e. The largest absolute Gasteiger partial charge is 0.496 e. The van der Waals surface area contributed by atoms with Crippen molar-refractivity contribution >= 4 is 12.0 Å². The average Bonchev–Trinajstić information content (AvgIpc) is 2.52. The Morgan fingerprint density at radius 3 is 2.62 bits per heavy atom. The van der Waals surface area contributed by atoms with Crippen molar-refractivity contribution in [3.8, 4) is 5.75 Å². The third-order valence-electron chi connectivity index (χ3n) is 3.75. The molecule has 1 saturated heterocycles. The molecular formula is C15H20N2O4. The molecule has 1 heterocycles. The summed E-state index contributed by atoms with van der Waals surface area (Å²) in [5.74, 6) is -0.366. The van der Waals surface area contributed by atoms with Gasteiger partial charge in [-0.25, -0.2) is 4.79 Å². The fourth-order valence-corrected chi connectivity index (χ4v) is 2.46. The summed E-state index contributed by atoms with van der Waals surface area (Å²) >= 11 is 0. The van der Waals surface area contributed by atoms with E-state index in [9.17, 15) is 9.59 Å². The van der Waals surface area contributed by atoms with Crippen molar-refractivity contribution in [2.45, 2.75) is 19.4 Å². The second-order valence-corrected chi connectivity index (χ2v) is 5.07. The quantitative estimate of drug-likeness (QED) is 0.885. The summed E-state index contributed by atoms with van der Waals surface area (Å²) < 4.78 is 5.23. The van der Waals surface area contributed by atoms with Gasteiger partial charge in [0.05, 0.1) is 13.0 Å². The molecule has 1 fully saturated rings. The van der Waals surface area contributed by atoms with Crippen LogP contribution in [-0.4, -0.2) is 42.2 Å². The molecule has 114 valence electrons. The Labute approximate surface area is 123 Å². The van der Waals surface area contributed by atoms with Gasteiger partial charge in [0, 0.05) is 25.2 Å². The molecule has 0 spiro atoms. The van der Waals surface area contributed by atoms with E-state index in [1.807, 2.05) is 24.3 Å². The van der Waals surface area contributed by atoms with E-state index in [-0.39, 0.29) is 11.9 Å². The topological polar surface area (TPSA) is 78.9 Å². The molecule has 1 aliphatic heterocycles. The number of aliphatic carboxylic acids is 1. The summed E-state index contributed by atoms with van der Waals surface area (Å²) in [5, 5.41) is 11.8. The van der Waals surface area contributed by atoms with Gasteiger partial charge in [0.25, 0.3) is 0 Å². The van der Waals surface area contributed by atoms with Crippen molar-refractivity contribution in [1.82, 2.24) is 10.2 Å². The number of carbonyl (C=O) groups excluding carboxylic acids is 1. The fourth-order valence-electron chi connectivity index (χ4n) is 2.46. The highest BCUT2D eigenvalue weighted by Gasteiger charge is 2.26. The van der Waals surface area contributed by atoms with Crippen LogP contribution in [-0.2, 0) is 11.3 Å². The van der Waals surface area contributed by atoms with E-state index in [0.29, 0.717) is 32.5 Å². The number of benzene rings is 1.